The molecule has 1 saturated carbocycles. The fourth-order valence-electron chi connectivity index (χ4n) is 2.98. The van der Waals surface area contributed by atoms with Gasteiger partial charge in [-0.1, -0.05) is 0 Å². The van der Waals surface area contributed by atoms with Gasteiger partial charge in [0.15, 0.2) is 6.23 Å². The van der Waals surface area contributed by atoms with Crippen LogP contribution in [0.2, 0.25) is 0 Å². The third kappa shape index (κ3) is 1.42. The Labute approximate surface area is 106 Å². The quantitative estimate of drug-likeness (QED) is 0.483. The number of hydrogen-bond donors (Lipinski definition) is 4. The number of nitrogens with zero attached hydrogens (tertiary/aromatic N) is 1. The average molecular weight is 270 g/mol. The summed E-state index contributed by atoms with van der Waals surface area (Å²) < 4.78 is 6.52. The molecule has 0 radical (unpaired) electrons. The predicted molar refractivity (Wildman–Crippen MR) is 61.4 cm³/mol. The van der Waals surface area contributed by atoms with Crippen LogP contribution in [0.4, 0.5) is 0 Å². The summed E-state index contributed by atoms with van der Waals surface area (Å²) in [6.45, 7) is -0.708. The van der Waals surface area contributed by atoms with E-state index in [1.54, 1.807) is 0 Å². The van der Waals surface area contributed by atoms with E-state index in [0.717, 1.165) is 10.6 Å². The van der Waals surface area contributed by atoms with Crippen LogP contribution in [0, 0.1) is 5.41 Å². The lowest BCUT2D eigenvalue weighted by atomic mass is 9.98. The summed E-state index contributed by atoms with van der Waals surface area (Å²) in [6.07, 6.45) is -0.311. The standard InChI is InChI=1S/C11H14N2O6/c14-3-6-10(5-15)4-11(10,18)8(19-6)13-2-1-7(16)12-9(13)17/h1-2,6,8,14-15,18H,3-5H2,(H,12,16,17)/t6-,8-,10-,11+/m1/s1. The summed E-state index contributed by atoms with van der Waals surface area (Å²) in [5, 5.41) is 29.2. The van der Waals surface area contributed by atoms with Gasteiger partial charge in [0.05, 0.1) is 24.7 Å². The van der Waals surface area contributed by atoms with Crippen molar-refractivity contribution in [3.05, 3.63) is 33.1 Å². The molecule has 1 aromatic heterocycles. The van der Waals surface area contributed by atoms with Crippen molar-refractivity contribution >= 4 is 0 Å². The molecule has 2 fully saturated rings. The van der Waals surface area contributed by atoms with E-state index in [4.69, 9.17) is 4.74 Å². The van der Waals surface area contributed by atoms with Crippen LogP contribution in [-0.4, -0.2) is 49.8 Å². The first-order valence-electron chi connectivity index (χ1n) is 5.89. The molecule has 2 heterocycles. The topological polar surface area (TPSA) is 125 Å². The minimum Gasteiger partial charge on any atom is -0.396 e. The Morgan fingerprint density at radius 1 is 1.47 bits per heavy atom. The van der Waals surface area contributed by atoms with E-state index in [1.165, 1.54) is 6.20 Å². The molecule has 8 nitrogen and oxygen atoms in total. The van der Waals surface area contributed by atoms with Gasteiger partial charge in [0, 0.05) is 12.3 Å². The number of hydrogen-bond acceptors (Lipinski definition) is 6. The molecule has 0 bridgehead atoms. The van der Waals surface area contributed by atoms with Gasteiger partial charge in [0.1, 0.15) is 5.60 Å². The summed E-state index contributed by atoms with van der Waals surface area (Å²) in [5.41, 5.74) is -3.60. The molecule has 1 aliphatic heterocycles. The summed E-state index contributed by atoms with van der Waals surface area (Å²) in [4.78, 5) is 24.8. The number of ether oxygens (including phenoxy) is 1. The summed E-state index contributed by atoms with van der Waals surface area (Å²) in [5.74, 6) is 0. The van der Waals surface area contributed by atoms with Crippen molar-refractivity contribution in [2.45, 2.75) is 24.4 Å². The van der Waals surface area contributed by atoms with Gasteiger partial charge in [0.25, 0.3) is 5.56 Å². The van der Waals surface area contributed by atoms with Crippen molar-refractivity contribution in [1.82, 2.24) is 9.55 Å². The summed E-state index contributed by atoms with van der Waals surface area (Å²) >= 11 is 0. The number of aromatic nitrogens is 2. The summed E-state index contributed by atoms with van der Waals surface area (Å²) in [7, 11) is 0. The van der Waals surface area contributed by atoms with Crippen molar-refractivity contribution in [2.75, 3.05) is 13.2 Å². The van der Waals surface area contributed by atoms with Crippen LogP contribution in [0.5, 0.6) is 0 Å². The number of aliphatic hydroxyl groups is 3. The fourth-order valence-corrected chi connectivity index (χ4v) is 2.98. The molecule has 4 atom stereocenters. The van der Waals surface area contributed by atoms with Gasteiger partial charge in [-0.3, -0.25) is 14.3 Å². The molecule has 1 saturated heterocycles. The third-order valence-electron chi connectivity index (χ3n) is 4.19. The predicted octanol–water partition coefficient (Wildman–Crippen LogP) is -2.46. The highest BCUT2D eigenvalue weighted by molar-refractivity contribution is 5.25. The number of fused-ring (bicyclic) bond motifs is 1. The molecule has 19 heavy (non-hydrogen) atoms. The molecule has 4 N–H and O–H groups in total. The van der Waals surface area contributed by atoms with E-state index in [2.05, 4.69) is 4.98 Å². The maximum absolute atomic E-state index is 11.7. The molecule has 104 valence electrons. The Hall–Kier alpha value is -1.48. The van der Waals surface area contributed by atoms with Crippen molar-refractivity contribution in [3.8, 4) is 0 Å². The first-order chi connectivity index (χ1) is 8.98. The Bertz CT molecular complexity index is 624. The lowest BCUT2D eigenvalue weighted by Gasteiger charge is -2.21. The zero-order valence-corrected chi connectivity index (χ0v) is 9.94. The Morgan fingerprint density at radius 2 is 2.21 bits per heavy atom. The van der Waals surface area contributed by atoms with E-state index in [-0.39, 0.29) is 19.6 Å². The molecule has 0 unspecified atom stereocenters. The van der Waals surface area contributed by atoms with Crippen molar-refractivity contribution < 1.29 is 20.1 Å². The SMILES string of the molecule is O=c1ccn([C@@H]2O[C@H](CO)[C@]3(CO)C[C@]23O)c(=O)[nH]1. The third-order valence-corrected chi connectivity index (χ3v) is 4.19. The first-order valence-corrected chi connectivity index (χ1v) is 5.89. The zero-order chi connectivity index (χ0) is 13.8. The van der Waals surface area contributed by atoms with Crippen LogP contribution >= 0.6 is 0 Å². The minimum atomic E-state index is -1.41. The van der Waals surface area contributed by atoms with Gasteiger partial charge in [-0.15, -0.1) is 0 Å². The largest absolute Gasteiger partial charge is 0.396 e. The highest BCUT2D eigenvalue weighted by Crippen LogP contribution is 2.69. The molecule has 0 aromatic carbocycles. The van der Waals surface area contributed by atoms with Crippen molar-refractivity contribution in [1.29, 1.82) is 0 Å². The van der Waals surface area contributed by atoms with Crippen LogP contribution in [0.1, 0.15) is 12.6 Å². The molecule has 0 amide bonds. The van der Waals surface area contributed by atoms with Gasteiger partial charge >= 0.3 is 5.69 Å². The minimum absolute atomic E-state index is 0.234. The van der Waals surface area contributed by atoms with Crippen LogP contribution in [0.25, 0.3) is 0 Å². The lowest BCUT2D eigenvalue weighted by Crippen LogP contribution is -2.37. The smallest absolute Gasteiger partial charge is 0.330 e. The molecule has 1 aromatic rings. The number of aliphatic hydroxyl groups excluding tert-OH is 2. The molecule has 8 heteroatoms. The molecular weight excluding hydrogens is 256 g/mol. The maximum Gasteiger partial charge on any atom is 0.330 e. The van der Waals surface area contributed by atoms with Crippen LogP contribution in [0.15, 0.2) is 21.9 Å². The summed E-state index contributed by atoms with van der Waals surface area (Å²) in [6, 6.07) is 1.14. The molecule has 1 aliphatic carbocycles. The van der Waals surface area contributed by atoms with Crippen molar-refractivity contribution in [3.63, 3.8) is 0 Å². The molecule has 0 spiro atoms. The number of nitrogens with one attached hydrogen (secondary N) is 1. The van der Waals surface area contributed by atoms with Crippen molar-refractivity contribution in [2.24, 2.45) is 5.41 Å². The molecule has 3 rings (SSSR count). The molecule has 2 aliphatic rings. The highest BCUT2D eigenvalue weighted by atomic mass is 16.6. The van der Waals surface area contributed by atoms with Gasteiger partial charge in [0.2, 0.25) is 0 Å². The second-order valence-corrected chi connectivity index (χ2v) is 5.09. The van der Waals surface area contributed by atoms with Crippen LogP contribution in [-0.2, 0) is 4.74 Å². The van der Waals surface area contributed by atoms with E-state index < -0.39 is 34.6 Å². The second kappa shape index (κ2) is 3.76. The van der Waals surface area contributed by atoms with Gasteiger partial charge < -0.3 is 20.1 Å². The second-order valence-electron chi connectivity index (χ2n) is 5.09. The first kappa shape index (κ1) is 12.5. The maximum atomic E-state index is 11.7. The van der Waals surface area contributed by atoms with Gasteiger partial charge in [-0.2, -0.15) is 0 Å². The van der Waals surface area contributed by atoms with E-state index in [9.17, 15) is 24.9 Å². The monoisotopic (exact) mass is 270 g/mol. The van der Waals surface area contributed by atoms with E-state index in [1.807, 2.05) is 0 Å². The van der Waals surface area contributed by atoms with Crippen LogP contribution in [0.3, 0.4) is 0 Å². The Balaban J connectivity index is 2.04. The Morgan fingerprint density at radius 3 is 2.74 bits per heavy atom. The number of rotatable bonds is 3. The highest BCUT2D eigenvalue weighted by Gasteiger charge is 2.80. The average Bonchev–Trinajstić information content (AvgIpc) is 2.92. The zero-order valence-electron chi connectivity index (χ0n) is 9.94. The van der Waals surface area contributed by atoms with E-state index in [0.29, 0.717) is 0 Å². The van der Waals surface area contributed by atoms with Crippen LogP contribution < -0.4 is 11.2 Å². The Kier molecular flexibility index (Phi) is 2.49. The normalized spacial score (nSPS) is 40.2. The number of aromatic amines is 1. The van der Waals surface area contributed by atoms with Gasteiger partial charge in [-0.25, -0.2) is 4.79 Å². The van der Waals surface area contributed by atoms with E-state index >= 15 is 0 Å². The fraction of sp³-hybridized carbons (Fsp3) is 0.636. The lowest BCUT2D eigenvalue weighted by molar-refractivity contribution is -0.0936. The number of H-pyrrole nitrogens is 1. The van der Waals surface area contributed by atoms with Gasteiger partial charge in [-0.05, 0) is 6.42 Å². The molecular formula is C11H14N2O6.